The van der Waals surface area contributed by atoms with Gasteiger partial charge in [0.15, 0.2) is 0 Å². The topological polar surface area (TPSA) is 43.4 Å². The van der Waals surface area contributed by atoms with E-state index in [4.69, 9.17) is 0 Å². The van der Waals surface area contributed by atoms with Crippen LogP contribution in [0.3, 0.4) is 0 Å². The van der Waals surface area contributed by atoms with E-state index in [1.54, 1.807) is 0 Å². The second-order valence-electron chi connectivity index (χ2n) is 1.70. The molecule has 0 N–H and O–H groups in total. The largest absolute Gasteiger partial charge is 0.509 e. The van der Waals surface area contributed by atoms with E-state index < -0.39 is 8.93 Å². The first-order valence-electron chi connectivity index (χ1n) is 2.52. The molecule has 0 bridgehead atoms. The van der Waals surface area contributed by atoms with Crippen molar-refractivity contribution in [1.29, 1.82) is 0 Å². The lowest BCUT2D eigenvalue weighted by Gasteiger charge is -2.05. The van der Waals surface area contributed by atoms with Crippen molar-refractivity contribution in [3.05, 3.63) is 0 Å². The van der Waals surface area contributed by atoms with E-state index in [-0.39, 0.29) is 5.97 Å². The smallest absolute Gasteiger partial charge is 0.459 e. The number of hydrogen-bond acceptors (Lipinski definition) is 3. The van der Waals surface area contributed by atoms with E-state index in [1.165, 1.54) is 0 Å². The Bertz CT molecular complexity index is 117. The summed E-state index contributed by atoms with van der Waals surface area (Å²) in [6.07, 6.45) is 1.17. The molecule has 0 aromatic heterocycles. The van der Waals surface area contributed by atoms with Gasteiger partial charge in [-0.05, 0) is 6.42 Å². The van der Waals surface area contributed by atoms with Gasteiger partial charge in [0.25, 0.3) is 5.97 Å². The van der Waals surface area contributed by atoms with Crippen molar-refractivity contribution in [3.63, 3.8) is 0 Å². The highest BCUT2D eigenvalue weighted by atomic mass is 28.3. The Morgan fingerprint density at radius 1 is 1.62 bits per heavy atom. The lowest BCUT2D eigenvalue weighted by molar-refractivity contribution is -0.136. The summed E-state index contributed by atoms with van der Waals surface area (Å²) in [7, 11) is -1.94. The summed E-state index contributed by atoms with van der Waals surface area (Å²) in [5, 5.41) is 0. The van der Waals surface area contributed by atoms with E-state index >= 15 is 0 Å². The van der Waals surface area contributed by atoms with Crippen LogP contribution in [0.2, 0.25) is 6.04 Å². The molecule has 1 aliphatic rings. The summed E-state index contributed by atoms with van der Waals surface area (Å²) < 4.78 is 14.8. The highest BCUT2D eigenvalue weighted by Gasteiger charge is 2.18. The van der Waals surface area contributed by atoms with Crippen molar-refractivity contribution in [3.8, 4) is 0 Å². The molecule has 1 fully saturated rings. The van der Waals surface area contributed by atoms with Gasteiger partial charge in [0.2, 0.25) is 0 Å². The van der Waals surface area contributed by atoms with Crippen LogP contribution in [0.1, 0.15) is 12.8 Å². The summed E-state index contributed by atoms with van der Waals surface area (Å²) in [5.74, 6) is -0.305. The molecular weight excluding hydrogens is 124 g/mol. The molecule has 0 aromatic rings. The van der Waals surface area contributed by atoms with Gasteiger partial charge in [-0.3, -0.25) is 4.79 Å². The van der Waals surface area contributed by atoms with Gasteiger partial charge in [-0.15, -0.1) is 0 Å². The Kier molecular flexibility index (Phi) is 1.52. The van der Waals surface area contributed by atoms with Crippen LogP contribution in [0.4, 0.5) is 0 Å². The molecule has 1 rings (SSSR count). The molecule has 0 aliphatic carbocycles. The third-order valence-electron chi connectivity index (χ3n) is 0.989. The van der Waals surface area contributed by atoms with Crippen molar-refractivity contribution < 1.29 is 13.7 Å². The van der Waals surface area contributed by atoms with Crippen LogP contribution < -0.4 is 0 Å². The van der Waals surface area contributed by atoms with Crippen LogP contribution in [0.15, 0.2) is 0 Å². The quantitative estimate of drug-likeness (QED) is 0.441. The maximum Gasteiger partial charge on any atom is 0.509 e. The van der Waals surface area contributed by atoms with Gasteiger partial charge >= 0.3 is 8.93 Å². The van der Waals surface area contributed by atoms with Gasteiger partial charge in [-0.2, -0.15) is 0 Å². The first-order valence-corrected chi connectivity index (χ1v) is 4.05. The normalized spacial score (nSPS) is 20.5. The Morgan fingerprint density at radius 3 is 2.75 bits per heavy atom. The highest BCUT2D eigenvalue weighted by molar-refractivity contribution is 6.38. The zero-order valence-corrected chi connectivity index (χ0v) is 5.35. The molecule has 1 heterocycles. The van der Waals surface area contributed by atoms with Gasteiger partial charge in [0.05, 0.1) is 0 Å². The van der Waals surface area contributed by atoms with E-state index in [9.17, 15) is 9.26 Å². The third-order valence-corrected chi connectivity index (χ3v) is 2.21. The number of carbonyl (C=O) groups is 1. The fourth-order valence-corrected chi connectivity index (χ4v) is 1.53. The first-order chi connectivity index (χ1) is 3.79. The average molecular weight is 130 g/mol. The molecule has 8 heavy (non-hydrogen) atoms. The summed E-state index contributed by atoms with van der Waals surface area (Å²) in [6.45, 7) is 0. The first kappa shape index (κ1) is 5.62. The molecule has 0 amide bonds. The molecule has 0 radical (unpaired) electrons. The molecule has 0 aromatic carbocycles. The molecule has 0 spiro atoms. The number of rotatable bonds is 0. The second-order valence-corrected chi connectivity index (χ2v) is 3.15. The Balaban J connectivity index is 2.45. The Labute approximate surface area is 48.4 Å². The summed E-state index contributed by atoms with van der Waals surface area (Å²) >= 11 is 0. The fraction of sp³-hybridized carbons (Fsp3) is 0.750. The van der Waals surface area contributed by atoms with Crippen molar-refractivity contribution >= 4 is 14.9 Å². The molecule has 0 atom stereocenters. The SMILES string of the molecule is O=C1CCC[Si](=O)O1. The molecule has 0 unspecified atom stereocenters. The van der Waals surface area contributed by atoms with Gasteiger partial charge in [0, 0.05) is 12.5 Å². The van der Waals surface area contributed by atoms with Crippen molar-refractivity contribution in [1.82, 2.24) is 0 Å². The Hall–Kier alpha value is -0.513. The van der Waals surface area contributed by atoms with Crippen LogP contribution in [0, 0.1) is 0 Å². The minimum atomic E-state index is -1.94. The summed E-state index contributed by atoms with van der Waals surface area (Å²) in [5.41, 5.74) is 0. The maximum atomic E-state index is 10.4. The lowest BCUT2D eigenvalue weighted by atomic mass is 10.3. The van der Waals surface area contributed by atoms with Crippen LogP contribution in [-0.2, 0) is 13.7 Å². The monoisotopic (exact) mass is 130 g/mol. The average Bonchev–Trinajstić information content (AvgIpc) is 1.64. The lowest BCUT2D eigenvalue weighted by Crippen LogP contribution is -2.18. The Morgan fingerprint density at radius 2 is 2.38 bits per heavy atom. The third kappa shape index (κ3) is 1.23. The van der Waals surface area contributed by atoms with Gasteiger partial charge in [0.1, 0.15) is 0 Å². The van der Waals surface area contributed by atoms with Gasteiger partial charge in [-0.25, -0.2) is 0 Å². The van der Waals surface area contributed by atoms with Crippen molar-refractivity contribution in [2.75, 3.05) is 0 Å². The van der Waals surface area contributed by atoms with Crippen LogP contribution in [-0.4, -0.2) is 14.9 Å². The highest BCUT2D eigenvalue weighted by Crippen LogP contribution is 2.06. The zero-order valence-electron chi connectivity index (χ0n) is 4.35. The predicted octanol–water partition coefficient (Wildman–Crippen LogP) is 0.242. The number of carbonyl (C=O) groups excluding carboxylic acids is 1. The van der Waals surface area contributed by atoms with Crippen molar-refractivity contribution in [2.24, 2.45) is 0 Å². The van der Waals surface area contributed by atoms with E-state index in [1.807, 2.05) is 0 Å². The molecule has 0 saturated carbocycles. The summed E-state index contributed by atoms with van der Waals surface area (Å²) in [6, 6.07) is 0.580. The maximum absolute atomic E-state index is 10.4. The molecule has 44 valence electrons. The van der Waals surface area contributed by atoms with Crippen molar-refractivity contribution in [2.45, 2.75) is 18.9 Å². The van der Waals surface area contributed by atoms with Crippen LogP contribution in [0.25, 0.3) is 0 Å². The van der Waals surface area contributed by atoms with Crippen LogP contribution in [0.5, 0.6) is 0 Å². The molecule has 1 saturated heterocycles. The molecular formula is C4H6O3Si. The van der Waals surface area contributed by atoms with Gasteiger partial charge in [-0.1, -0.05) is 0 Å². The summed E-state index contributed by atoms with van der Waals surface area (Å²) in [4.78, 5) is 10.3. The van der Waals surface area contributed by atoms with E-state index in [0.717, 1.165) is 6.42 Å². The van der Waals surface area contributed by atoms with E-state index in [2.05, 4.69) is 4.43 Å². The van der Waals surface area contributed by atoms with Gasteiger partial charge < -0.3 is 8.89 Å². The zero-order chi connectivity index (χ0) is 5.98. The second kappa shape index (κ2) is 2.17. The number of hydrogen-bond donors (Lipinski definition) is 0. The fourth-order valence-electron chi connectivity index (χ4n) is 0.606. The molecule has 1 aliphatic heterocycles. The predicted molar refractivity (Wildman–Crippen MR) is 26.6 cm³/mol. The van der Waals surface area contributed by atoms with E-state index in [0.29, 0.717) is 12.5 Å². The molecule has 4 heteroatoms. The minimum absolute atomic E-state index is 0.305. The minimum Gasteiger partial charge on any atom is -0.459 e. The van der Waals surface area contributed by atoms with Crippen LogP contribution >= 0.6 is 0 Å². The molecule has 3 nitrogen and oxygen atoms in total. The standard InChI is InChI=1S/C4H6O3Si/c5-4-2-1-3-8(6)7-4/h1-3H2.